The molecule has 1 fully saturated rings. The van der Waals surface area contributed by atoms with Crippen LogP contribution in [-0.4, -0.2) is 63.3 Å². The van der Waals surface area contributed by atoms with Crippen molar-refractivity contribution in [2.24, 2.45) is 0 Å². The molecule has 0 unspecified atom stereocenters. The number of carbonyl (C=O) groups excluding carboxylic acids is 1. The Labute approximate surface area is 239 Å². The second-order valence-corrected chi connectivity index (χ2v) is 13.3. The molecule has 1 saturated heterocycles. The first kappa shape index (κ1) is 29.6. The van der Waals surface area contributed by atoms with Gasteiger partial charge < -0.3 is 19.3 Å². The number of halogens is 1. The molecule has 0 spiro atoms. The molecule has 9 nitrogen and oxygen atoms in total. The van der Waals surface area contributed by atoms with Gasteiger partial charge in [-0.15, -0.1) is 11.3 Å². The van der Waals surface area contributed by atoms with Crippen molar-refractivity contribution in [3.63, 3.8) is 0 Å². The largest absolute Gasteiger partial charge is 0.497 e. The number of sulfonamides is 1. The van der Waals surface area contributed by atoms with E-state index in [-0.39, 0.29) is 24.5 Å². The first-order valence-electron chi connectivity index (χ1n) is 12.8. The zero-order valence-electron chi connectivity index (χ0n) is 23.5. The van der Waals surface area contributed by atoms with Crippen LogP contribution in [0, 0.1) is 12.7 Å². The topological polar surface area (TPSA) is 92.3 Å². The van der Waals surface area contributed by atoms with Crippen molar-refractivity contribution in [1.29, 1.82) is 0 Å². The molecule has 0 saturated carbocycles. The zero-order chi connectivity index (χ0) is 29.2. The average Bonchev–Trinajstić information content (AvgIpc) is 3.60. The van der Waals surface area contributed by atoms with Gasteiger partial charge in [-0.1, -0.05) is 12.1 Å². The van der Waals surface area contributed by atoms with Crippen molar-refractivity contribution in [3.05, 3.63) is 64.2 Å². The van der Waals surface area contributed by atoms with E-state index < -0.39 is 26.3 Å². The Morgan fingerprint density at radius 1 is 1.23 bits per heavy atom. The molecule has 0 bridgehead atoms. The van der Waals surface area contributed by atoms with Crippen molar-refractivity contribution in [1.82, 2.24) is 9.88 Å². The number of hydrogen-bond acceptors (Lipinski definition) is 8. The van der Waals surface area contributed by atoms with E-state index in [4.69, 9.17) is 9.47 Å². The Morgan fingerprint density at radius 2 is 1.93 bits per heavy atom. The lowest BCUT2D eigenvalue weighted by atomic mass is 10.1. The number of likely N-dealkylation sites (tertiary alicyclic amines) is 1. The number of carbonyl (C=O) groups is 1. The van der Waals surface area contributed by atoms with E-state index in [1.807, 2.05) is 32.7 Å². The monoisotopic (exact) mass is 590 g/mol. The Morgan fingerprint density at radius 3 is 2.52 bits per heavy atom. The number of aromatic nitrogens is 1. The second kappa shape index (κ2) is 11.6. The fraction of sp³-hybridized carbons (Fsp3) is 0.429. The fourth-order valence-corrected chi connectivity index (χ4v) is 6.74. The molecule has 1 aromatic heterocycles. The van der Waals surface area contributed by atoms with E-state index in [0.717, 1.165) is 4.31 Å². The van der Waals surface area contributed by atoms with Gasteiger partial charge >= 0.3 is 6.09 Å². The number of benzene rings is 2. The van der Waals surface area contributed by atoms with Crippen LogP contribution in [0.25, 0.3) is 0 Å². The fourth-order valence-electron chi connectivity index (χ4n) is 4.60. The average molecular weight is 591 g/mol. The summed E-state index contributed by atoms with van der Waals surface area (Å²) in [6.07, 6.45) is 0.294. The molecule has 1 aliphatic rings. The maximum absolute atomic E-state index is 15.7. The lowest BCUT2D eigenvalue weighted by molar-refractivity contribution is 0.0292. The van der Waals surface area contributed by atoms with Crippen LogP contribution in [0.5, 0.6) is 5.75 Å². The van der Waals surface area contributed by atoms with Gasteiger partial charge in [0.2, 0.25) is 0 Å². The van der Waals surface area contributed by atoms with Crippen LogP contribution < -0.4 is 13.9 Å². The molecule has 4 rings (SSSR count). The van der Waals surface area contributed by atoms with Crippen molar-refractivity contribution >= 4 is 39.0 Å². The number of rotatable bonds is 8. The van der Waals surface area contributed by atoms with Crippen molar-refractivity contribution in [2.45, 2.75) is 57.2 Å². The Bertz CT molecular complexity index is 1440. The van der Waals surface area contributed by atoms with Gasteiger partial charge in [-0.05, 0) is 69.5 Å². The molecule has 216 valence electrons. The maximum Gasteiger partial charge on any atom is 0.410 e. The summed E-state index contributed by atoms with van der Waals surface area (Å²) in [6, 6.07) is 9.54. The molecule has 1 aliphatic heterocycles. The maximum atomic E-state index is 15.7. The number of hydrogen-bond donors (Lipinski definition) is 0. The summed E-state index contributed by atoms with van der Waals surface area (Å²) in [4.78, 5) is 19.8. The highest BCUT2D eigenvalue weighted by atomic mass is 32.2. The van der Waals surface area contributed by atoms with E-state index in [1.165, 1.54) is 29.0 Å². The van der Waals surface area contributed by atoms with Gasteiger partial charge in [0.15, 0.2) is 5.82 Å². The number of nitrogens with zero attached hydrogens (tertiary/aromatic N) is 4. The minimum atomic E-state index is -4.31. The lowest BCUT2D eigenvalue weighted by Gasteiger charge is -2.30. The highest BCUT2D eigenvalue weighted by Gasteiger charge is 2.34. The number of likely N-dealkylation sites (N-methyl/N-ethyl adjacent to an activating group) is 1. The van der Waals surface area contributed by atoms with Crippen LogP contribution in [0.15, 0.2) is 52.2 Å². The van der Waals surface area contributed by atoms with Crippen LogP contribution in [0.4, 0.5) is 20.7 Å². The third kappa shape index (κ3) is 6.49. The van der Waals surface area contributed by atoms with Crippen molar-refractivity contribution in [3.8, 4) is 5.75 Å². The van der Waals surface area contributed by atoms with E-state index in [1.54, 1.807) is 48.6 Å². The number of ether oxygens (including phenoxy) is 2. The third-order valence-electron chi connectivity index (χ3n) is 6.72. The summed E-state index contributed by atoms with van der Waals surface area (Å²) >= 11 is 1.25. The molecule has 0 radical (unpaired) electrons. The van der Waals surface area contributed by atoms with E-state index in [9.17, 15) is 13.2 Å². The molecule has 2 heterocycles. The summed E-state index contributed by atoms with van der Waals surface area (Å²) in [5, 5.41) is 1.62. The Hall–Kier alpha value is -3.38. The molecule has 40 heavy (non-hydrogen) atoms. The lowest BCUT2D eigenvalue weighted by Crippen LogP contribution is -2.39. The van der Waals surface area contributed by atoms with Gasteiger partial charge in [0.05, 0.1) is 19.2 Å². The van der Waals surface area contributed by atoms with Gasteiger partial charge in [0, 0.05) is 37.2 Å². The van der Waals surface area contributed by atoms with Crippen LogP contribution in [0.2, 0.25) is 0 Å². The van der Waals surface area contributed by atoms with Gasteiger partial charge in [-0.25, -0.2) is 26.9 Å². The summed E-state index contributed by atoms with van der Waals surface area (Å²) in [5.74, 6) is 0.00123. The SMILES string of the molecule is COc1ccc(CN(c2cscn2)S(=O)(=O)c2cc(C)c(N(C)[C@H]3CCN(C(=O)OC(C)(C)C)C3)cc2F)cc1. The van der Waals surface area contributed by atoms with Crippen LogP contribution in [-0.2, 0) is 21.3 Å². The molecule has 2 aromatic carbocycles. The number of aryl methyl sites for hydroxylation is 1. The molecular weight excluding hydrogens is 555 g/mol. The first-order valence-corrected chi connectivity index (χ1v) is 15.2. The first-order chi connectivity index (χ1) is 18.8. The van der Waals surface area contributed by atoms with Gasteiger partial charge in [0.1, 0.15) is 22.1 Å². The van der Waals surface area contributed by atoms with Gasteiger partial charge in [-0.3, -0.25) is 0 Å². The quantitative estimate of drug-likeness (QED) is 0.345. The predicted molar refractivity (Wildman–Crippen MR) is 154 cm³/mol. The van der Waals surface area contributed by atoms with E-state index in [2.05, 4.69) is 4.98 Å². The van der Waals surface area contributed by atoms with Gasteiger partial charge in [0.25, 0.3) is 10.0 Å². The third-order valence-corrected chi connectivity index (χ3v) is 9.06. The molecular formula is C28H35FN4O5S2. The molecule has 0 N–H and O–H groups in total. The van der Waals surface area contributed by atoms with Crippen molar-refractivity contribution < 1.29 is 27.1 Å². The number of amides is 1. The summed E-state index contributed by atoms with van der Waals surface area (Å²) in [5.41, 5.74) is 2.79. The summed E-state index contributed by atoms with van der Waals surface area (Å²) in [6.45, 7) is 8.12. The Kier molecular flexibility index (Phi) is 8.60. The second-order valence-electron chi connectivity index (χ2n) is 10.8. The minimum absolute atomic E-state index is 0.0290. The number of thiazole rings is 1. The summed E-state index contributed by atoms with van der Waals surface area (Å²) in [7, 11) is -0.930. The summed E-state index contributed by atoms with van der Waals surface area (Å²) < 4.78 is 55.2. The number of methoxy groups -OCH3 is 1. The molecule has 3 aromatic rings. The van der Waals surface area contributed by atoms with Crippen molar-refractivity contribution in [2.75, 3.05) is 36.5 Å². The number of anilines is 2. The highest BCUT2D eigenvalue weighted by molar-refractivity contribution is 7.92. The molecule has 1 amide bonds. The molecule has 12 heteroatoms. The van der Waals surface area contributed by atoms with Crippen LogP contribution in [0.1, 0.15) is 38.3 Å². The van der Waals surface area contributed by atoms with Crippen LogP contribution >= 0.6 is 11.3 Å². The van der Waals surface area contributed by atoms with Gasteiger partial charge in [-0.2, -0.15) is 0 Å². The highest BCUT2D eigenvalue weighted by Crippen LogP contribution is 2.33. The zero-order valence-corrected chi connectivity index (χ0v) is 25.2. The predicted octanol–water partition coefficient (Wildman–Crippen LogP) is 5.44. The standard InChI is InChI=1S/C28H35FN4O5S2/c1-19-13-25(23(29)14-24(19)31(5)21-11-12-32(16-21)27(34)38-28(2,3)4)40(35,36)33(26-17-39-18-30-26)15-20-7-9-22(37-6)10-8-20/h7-10,13-14,17-18,21H,11-12,15-16H2,1-6H3/t21-/m0/s1. The molecule has 0 aliphatic carbocycles. The van der Waals surface area contributed by atoms with E-state index in [0.29, 0.717) is 42.1 Å². The minimum Gasteiger partial charge on any atom is -0.497 e. The normalized spacial score (nSPS) is 15.7. The van der Waals surface area contributed by atoms with E-state index >= 15 is 4.39 Å². The Balaban J connectivity index is 1.59. The van der Waals surface area contributed by atoms with Crippen LogP contribution in [0.3, 0.4) is 0 Å². The smallest absolute Gasteiger partial charge is 0.410 e. The molecule has 1 atom stereocenters.